The third-order valence-corrected chi connectivity index (χ3v) is 6.13. The van der Waals surface area contributed by atoms with Crippen LogP contribution in [0.4, 0.5) is 17.2 Å². The molecule has 0 amide bonds. The minimum Gasteiger partial charge on any atom is -0.496 e. The van der Waals surface area contributed by atoms with E-state index in [0.717, 1.165) is 60.7 Å². The van der Waals surface area contributed by atoms with Crippen LogP contribution in [-0.4, -0.2) is 56.8 Å². The summed E-state index contributed by atoms with van der Waals surface area (Å²) in [5.41, 5.74) is 5.07. The Kier molecular flexibility index (Phi) is 6.49. The molecule has 35 heavy (non-hydrogen) atoms. The predicted molar refractivity (Wildman–Crippen MR) is 134 cm³/mol. The molecule has 0 bridgehead atoms. The number of benzene rings is 1. The molecule has 0 spiro atoms. The van der Waals surface area contributed by atoms with Gasteiger partial charge < -0.3 is 34.5 Å². The molecule has 180 valence electrons. The Hall–Kier alpha value is -4.11. The Bertz CT molecular complexity index is 1240. The molecule has 1 saturated heterocycles. The maximum Gasteiger partial charge on any atom is 0.216 e. The van der Waals surface area contributed by atoms with Gasteiger partial charge in [-0.05, 0) is 48.2 Å². The quantitative estimate of drug-likeness (QED) is 0.499. The average Bonchev–Trinajstić information content (AvgIpc) is 2.93. The molecule has 5 rings (SSSR count). The number of carbonyl (C=O) groups excluding carboxylic acids is 1. The van der Waals surface area contributed by atoms with Crippen LogP contribution in [0.5, 0.6) is 11.6 Å². The van der Waals surface area contributed by atoms with Crippen LogP contribution >= 0.6 is 0 Å². The molecule has 2 N–H and O–H groups in total. The highest BCUT2D eigenvalue weighted by atomic mass is 16.5. The van der Waals surface area contributed by atoms with Crippen LogP contribution in [0.2, 0.25) is 0 Å². The SMILES string of the molecule is COc1cc(OC)c(-c2cc3c(c(Nc4ccc(N5CCOCC5)cc4)n2)C(C=O)NC=C3)cn1. The summed E-state index contributed by atoms with van der Waals surface area (Å²) in [6.45, 7) is 3.22. The van der Waals surface area contributed by atoms with Gasteiger partial charge in [-0.3, -0.25) is 0 Å². The van der Waals surface area contributed by atoms with Crippen molar-refractivity contribution < 1.29 is 19.0 Å². The molecule has 0 saturated carbocycles. The van der Waals surface area contributed by atoms with Crippen molar-refractivity contribution in [1.82, 2.24) is 15.3 Å². The topological polar surface area (TPSA) is 97.8 Å². The number of pyridine rings is 2. The zero-order chi connectivity index (χ0) is 24.2. The second-order valence-corrected chi connectivity index (χ2v) is 8.17. The smallest absolute Gasteiger partial charge is 0.216 e. The lowest BCUT2D eigenvalue weighted by Gasteiger charge is -2.29. The highest BCUT2D eigenvalue weighted by Gasteiger charge is 2.24. The molecule has 2 aromatic heterocycles. The second kappa shape index (κ2) is 10.0. The predicted octanol–water partition coefficient (Wildman–Crippen LogP) is 3.55. The molecule has 2 aliphatic rings. The third-order valence-electron chi connectivity index (χ3n) is 6.13. The first kappa shape index (κ1) is 22.7. The molecule has 9 nitrogen and oxygen atoms in total. The summed E-state index contributed by atoms with van der Waals surface area (Å²) in [5.74, 6) is 1.63. The van der Waals surface area contributed by atoms with Crippen LogP contribution in [0.25, 0.3) is 17.3 Å². The Morgan fingerprint density at radius 1 is 1.14 bits per heavy atom. The lowest BCUT2D eigenvalue weighted by atomic mass is 9.97. The zero-order valence-corrected chi connectivity index (χ0v) is 19.7. The molecule has 3 aromatic rings. The number of hydrogen-bond donors (Lipinski definition) is 2. The van der Waals surface area contributed by atoms with E-state index in [4.69, 9.17) is 19.2 Å². The van der Waals surface area contributed by atoms with E-state index >= 15 is 0 Å². The largest absolute Gasteiger partial charge is 0.496 e. The van der Waals surface area contributed by atoms with Crippen molar-refractivity contribution in [3.8, 4) is 22.9 Å². The van der Waals surface area contributed by atoms with Crippen molar-refractivity contribution in [2.24, 2.45) is 0 Å². The minimum atomic E-state index is -0.512. The number of nitrogens with one attached hydrogen (secondary N) is 2. The molecule has 1 atom stereocenters. The van der Waals surface area contributed by atoms with Crippen molar-refractivity contribution in [2.75, 3.05) is 50.7 Å². The van der Waals surface area contributed by atoms with Crippen LogP contribution < -0.4 is 25.0 Å². The van der Waals surface area contributed by atoms with E-state index in [1.807, 2.05) is 24.3 Å². The maximum atomic E-state index is 11.9. The molecule has 0 radical (unpaired) electrons. The Labute approximate surface area is 203 Å². The van der Waals surface area contributed by atoms with E-state index in [1.54, 1.807) is 32.7 Å². The molecular weight excluding hydrogens is 446 g/mol. The van der Waals surface area contributed by atoms with Gasteiger partial charge in [-0.1, -0.05) is 0 Å². The van der Waals surface area contributed by atoms with Gasteiger partial charge in [0, 0.05) is 42.3 Å². The van der Waals surface area contributed by atoms with Crippen LogP contribution in [0.1, 0.15) is 17.2 Å². The van der Waals surface area contributed by atoms with Crippen LogP contribution in [-0.2, 0) is 9.53 Å². The number of fused-ring (bicyclic) bond motifs is 1. The summed E-state index contributed by atoms with van der Waals surface area (Å²) in [7, 11) is 3.15. The first-order valence-corrected chi connectivity index (χ1v) is 11.4. The number of hydrogen-bond acceptors (Lipinski definition) is 9. The molecule has 2 aliphatic heterocycles. The first-order chi connectivity index (χ1) is 17.2. The highest BCUT2D eigenvalue weighted by Crippen LogP contribution is 2.37. The molecular formula is C26H27N5O4. The van der Waals surface area contributed by atoms with Gasteiger partial charge in [0.05, 0.1) is 38.7 Å². The van der Waals surface area contributed by atoms with Gasteiger partial charge in [0.2, 0.25) is 5.88 Å². The van der Waals surface area contributed by atoms with E-state index in [9.17, 15) is 4.79 Å². The monoisotopic (exact) mass is 473 g/mol. The fourth-order valence-electron chi connectivity index (χ4n) is 4.31. The number of methoxy groups -OCH3 is 2. The van der Waals surface area contributed by atoms with E-state index in [-0.39, 0.29) is 0 Å². The zero-order valence-electron chi connectivity index (χ0n) is 19.7. The number of ether oxygens (including phenoxy) is 3. The summed E-state index contributed by atoms with van der Waals surface area (Å²) < 4.78 is 16.3. The van der Waals surface area contributed by atoms with E-state index in [2.05, 4.69) is 32.7 Å². The van der Waals surface area contributed by atoms with Gasteiger partial charge in [0.15, 0.2) is 0 Å². The van der Waals surface area contributed by atoms with E-state index < -0.39 is 6.04 Å². The van der Waals surface area contributed by atoms with Gasteiger partial charge in [0.25, 0.3) is 0 Å². The van der Waals surface area contributed by atoms with Crippen LogP contribution in [0, 0.1) is 0 Å². The number of aldehydes is 1. The third kappa shape index (κ3) is 4.63. The Morgan fingerprint density at radius 3 is 2.66 bits per heavy atom. The average molecular weight is 474 g/mol. The van der Waals surface area contributed by atoms with Gasteiger partial charge in [-0.2, -0.15) is 0 Å². The fourth-order valence-corrected chi connectivity index (χ4v) is 4.31. The lowest BCUT2D eigenvalue weighted by Crippen LogP contribution is -2.36. The lowest BCUT2D eigenvalue weighted by molar-refractivity contribution is -0.109. The number of rotatable bonds is 7. The molecule has 4 heterocycles. The summed E-state index contributed by atoms with van der Waals surface area (Å²) in [6.07, 6.45) is 6.26. The second-order valence-electron chi connectivity index (χ2n) is 8.17. The molecule has 1 unspecified atom stereocenters. The first-order valence-electron chi connectivity index (χ1n) is 11.4. The van der Waals surface area contributed by atoms with Crippen molar-refractivity contribution >= 4 is 29.6 Å². The van der Waals surface area contributed by atoms with Crippen molar-refractivity contribution in [3.63, 3.8) is 0 Å². The molecule has 9 heteroatoms. The fraction of sp³-hybridized carbons (Fsp3) is 0.269. The summed E-state index contributed by atoms with van der Waals surface area (Å²) in [6, 6.07) is 11.3. The maximum absolute atomic E-state index is 11.9. The number of carbonyl (C=O) groups is 1. The normalized spacial score (nSPS) is 16.7. The van der Waals surface area contributed by atoms with Gasteiger partial charge in [-0.15, -0.1) is 0 Å². The van der Waals surface area contributed by atoms with Crippen LogP contribution in [0.15, 0.2) is 48.8 Å². The van der Waals surface area contributed by atoms with Crippen molar-refractivity contribution in [3.05, 3.63) is 59.9 Å². The molecule has 0 aliphatic carbocycles. The summed E-state index contributed by atoms with van der Waals surface area (Å²) in [5, 5.41) is 6.52. The minimum absolute atomic E-state index is 0.451. The van der Waals surface area contributed by atoms with Gasteiger partial charge >= 0.3 is 0 Å². The number of anilines is 3. The number of nitrogens with zero attached hydrogens (tertiary/aromatic N) is 3. The summed E-state index contributed by atoms with van der Waals surface area (Å²) in [4.78, 5) is 23.4. The van der Waals surface area contributed by atoms with E-state index in [1.165, 1.54) is 0 Å². The molecule has 1 aromatic carbocycles. The van der Waals surface area contributed by atoms with E-state index in [0.29, 0.717) is 23.1 Å². The molecule has 1 fully saturated rings. The van der Waals surface area contributed by atoms with Crippen molar-refractivity contribution in [1.29, 1.82) is 0 Å². The van der Waals surface area contributed by atoms with Gasteiger partial charge in [-0.25, -0.2) is 9.97 Å². The van der Waals surface area contributed by atoms with Crippen molar-refractivity contribution in [2.45, 2.75) is 6.04 Å². The number of aromatic nitrogens is 2. The standard InChI is InChI=1S/C26H27N5O4/c1-33-23-14-24(34-2)28-15-20(23)21-13-17-7-8-27-22(16-32)25(17)26(30-21)29-18-3-5-19(6-4-18)31-9-11-35-12-10-31/h3-8,13-16,22,27H,9-12H2,1-2H3,(H,29,30). The Morgan fingerprint density at radius 2 is 1.94 bits per heavy atom. The Balaban J connectivity index is 1.53. The summed E-state index contributed by atoms with van der Waals surface area (Å²) >= 11 is 0. The highest BCUT2D eigenvalue weighted by molar-refractivity contribution is 5.81. The number of morpholine rings is 1. The van der Waals surface area contributed by atoms with Gasteiger partial charge in [0.1, 0.15) is 23.9 Å². The van der Waals surface area contributed by atoms with Crippen LogP contribution in [0.3, 0.4) is 0 Å².